The third kappa shape index (κ3) is 3.17. The number of likely N-dealkylation sites (tertiary alicyclic amines) is 1. The van der Waals surface area contributed by atoms with Gasteiger partial charge in [-0.05, 0) is 31.9 Å². The lowest BCUT2D eigenvalue weighted by Crippen LogP contribution is -2.39. The van der Waals surface area contributed by atoms with Gasteiger partial charge in [0.05, 0.1) is 11.2 Å². The summed E-state index contributed by atoms with van der Waals surface area (Å²) in [6.45, 7) is 3.21. The van der Waals surface area contributed by atoms with Crippen LogP contribution >= 0.6 is 11.3 Å². The zero-order chi connectivity index (χ0) is 17.2. The monoisotopic (exact) mass is 355 g/mol. The Morgan fingerprint density at radius 2 is 2.28 bits per heavy atom. The number of rotatable bonds is 3. The molecule has 0 bridgehead atoms. The molecule has 1 atom stereocenters. The van der Waals surface area contributed by atoms with Crippen molar-refractivity contribution < 1.29 is 9.32 Å². The summed E-state index contributed by atoms with van der Waals surface area (Å²) >= 11 is 1.39. The van der Waals surface area contributed by atoms with Crippen LogP contribution in [-0.2, 0) is 0 Å². The minimum absolute atomic E-state index is 0.0399. The highest BCUT2D eigenvalue weighted by Gasteiger charge is 2.30. The highest BCUT2D eigenvalue weighted by Crippen LogP contribution is 2.28. The lowest BCUT2D eigenvalue weighted by atomic mass is 9.97. The van der Waals surface area contributed by atoms with Gasteiger partial charge in [0.1, 0.15) is 10.6 Å². The minimum atomic E-state index is 0.0399. The van der Waals surface area contributed by atoms with Crippen LogP contribution in [0.5, 0.6) is 0 Å². The smallest absolute Gasteiger partial charge is 0.276 e. The Labute approximate surface area is 148 Å². The van der Waals surface area contributed by atoms with E-state index in [4.69, 9.17) is 4.52 Å². The molecule has 3 aromatic rings. The number of aromatic nitrogens is 4. The number of aryl methyl sites for hydroxylation is 1. The van der Waals surface area contributed by atoms with E-state index in [0.29, 0.717) is 28.8 Å². The summed E-state index contributed by atoms with van der Waals surface area (Å²) in [4.78, 5) is 28.2. The van der Waals surface area contributed by atoms with Crippen LogP contribution in [0, 0.1) is 6.92 Å². The van der Waals surface area contributed by atoms with Gasteiger partial charge in [0.2, 0.25) is 0 Å². The molecule has 4 rings (SSSR count). The van der Waals surface area contributed by atoms with E-state index in [1.165, 1.54) is 11.3 Å². The SMILES string of the molecule is Cc1ncsc1C(=O)N1CCC[C@@H](c2noc(-c3ccccn3)n2)C1. The molecule has 0 radical (unpaired) electrons. The van der Waals surface area contributed by atoms with E-state index < -0.39 is 0 Å². The molecule has 0 aliphatic carbocycles. The Hall–Kier alpha value is -2.61. The van der Waals surface area contributed by atoms with Crippen molar-refractivity contribution in [3.63, 3.8) is 0 Å². The van der Waals surface area contributed by atoms with E-state index in [0.717, 1.165) is 25.1 Å². The third-order valence-corrected chi connectivity index (χ3v) is 5.26. The van der Waals surface area contributed by atoms with Crippen LogP contribution in [0.3, 0.4) is 0 Å². The molecule has 0 aromatic carbocycles. The first kappa shape index (κ1) is 15.9. The number of piperidine rings is 1. The van der Waals surface area contributed by atoms with Crippen LogP contribution in [-0.4, -0.2) is 44.0 Å². The molecule has 0 spiro atoms. The largest absolute Gasteiger partial charge is 0.337 e. The van der Waals surface area contributed by atoms with E-state index in [1.807, 2.05) is 30.0 Å². The number of carbonyl (C=O) groups is 1. The summed E-state index contributed by atoms with van der Waals surface area (Å²) in [5.41, 5.74) is 3.15. The Bertz CT molecular complexity index is 876. The number of carbonyl (C=O) groups excluding carboxylic acids is 1. The number of pyridine rings is 1. The molecule has 1 aliphatic rings. The Balaban J connectivity index is 1.51. The van der Waals surface area contributed by atoms with Gasteiger partial charge in [-0.15, -0.1) is 11.3 Å². The maximum Gasteiger partial charge on any atom is 0.276 e. The maximum atomic E-state index is 12.7. The Morgan fingerprint density at radius 1 is 1.36 bits per heavy atom. The molecule has 7 nitrogen and oxygen atoms in total. The highest BCUT2D eigenvalue weighted by atomic mass is 32.1. The molecule has 1 aliphatic heterocycles. The van der Waals surface area contributed by atoms with Gasteiger partial charge in [0, 0.05) is 25.2 Å². The van der Waals surface area contributed by atoms with Crippen molar-refractivity contribution in [2.75, 3.05) is 13.1 Å². The van der Waals surface area contributed by atoms with Crippen molar-refractivity contribution in [2.24, 2.45) is 0 Å². The van der Waals surface area contributed by atoms with Gasteiger partial charge in [0.25, 0.3) is 11.8 Å². The molecule has 0 unspecified atom stereocenters. The van der Waals surface area contributed by atoms with Gasteiger partial charge in [0.15, 0.2) is 5.82 Å². The van der Waals surface area contributed by atoms with Crippen LogP contribution in [0.15, 0.2) is 34.4 Å². The van der Waals surface area contributed by atoms with Crippen LogP contribution in [0.2, 0.25) is 0 Å². The molecule has 0 N–H and O–H groups in total. The second-order valence-corrected chi connectivity index (χ2v) is 6.88. The van der Waals surface area contributed by atoms with E-state index in [1.54, 1.807) is 11.7 Å². The van der Waals surface area contributed by atoms with Gasteiger partial charge in [-0.2, -0.15) is 4.98 Å². The molecular weight excluding hydrogens is 338 g/mol. The van der Waals surface area contributed by atoms with Crippen LogP contribution < -0.4 is 0 Å². The van der Waals surface area contributed by atoms with Crippen LogP contribution in [0.1, 0.15) is 39.9 Å². The third-order valence-electron chi connectivity index (χ3n) is 4.34. The molecule has 25 heavy (non-hydrogen) atoms. The fourth-order valence-corrected chi connectivity index (χ4v) is 3.79. The second-order valence-electron chi connectivity index (χ2n) is 6.03. The van der Waals surface area contributed by atoms with Gasteiger partial charge < -0.3 is 9.42 Å². The predicted octanol–water partition coefficient (Wildman–Crippen LogP) is 2.92. The lowest BCUT2D eigenvalue weighted by molar-refractivity contribution is 0.0707. The number of hydrogen-bond acceptors (Lipinski definition) is 7. The summed E-state index contributed by atoms with van der Waals surface area (Å²) in [5.74, 6) is 1.17. The van der Waals surface area contributed by atoms with Crippen LogP contribution in [0.25, 0.3) is 11.6 Å². The predicted molar refractivity (Wildman–Crippen MR) is 92.3 cm³/mol. The number of hydrogen-bond donors (Lipinski definition) is 0. The normalized spacial score (nSPS) is 17.6. The Kier molecular flexibility index (Phi) is 4.27. The van der Waals surface area contributed by atoms with E-state index >= 15 is 0 Å². The second kappa shape index (κ2) is 6.72. The quantitative estimate of drug-likeness (QED) is 0.718. The summed E-state index contributed by atoms with van der Waals surface area (Å²) in [5, 5.41) is 4.12. The average Bonchev–Trinajstić information content (AvgIpc) is 3.31. The summed E-state index contributed by atoms with van der Waals surface area (Å²) in [6, 6.07) is 5.55. The van der Waals surface area contributed by atoms with E-state index in [2.05, 4.69) is 20.1 Å². The number of amides is 1. The molecule has 1 amide bonds. The first-order valence-electron chi connectivity index (χ1n) is 8.16. The van der Waals surface area contributed by atoms with Crippen molar-refractivity contribution >= 4 is 17.2 Å². The van der Waals surface area contributed by atoms with Crippen molar-refractivity contribution in [3.8, 4) is 11.6 Å². The Morgan fingerprint density at radius 3 is 3.04 bits per heavy atom. The zero-order valence-electron chi connectivity index (χ0n) is 13.8. The molecule has 1 saturated heterocycles. The fraction of sp³-hybridized carbons (Fsp3) is 0.353. The first-order chi connectivity index (χ1) is 12.2. The minimum Gasteiger partial charge on any atom is -0.337 e. The molecule has 128 valence electrons. The van der Waals surface area contributed by atoms with Gasteiger partial charge in [-0.3, -0.25) is 9.78 Å². The van der Waals surface area contributed by atoms with Gasteiger partial charge in [-0.25, -0.2) is 4.98 Å². The molecule has 1 fully saturated rings. The van der Waals surface area contributed by atoms with Crippen molar-refractivity contribution in [1.29, 1.82) is 0 Å². The maximum absolute atomic E-state index is 12.7. The standard InChI is InChI=1S/C17H17N5O2S/c1-11-14(25-10-19-11)17(23)22-8-4-5-12(9-22)15-20-16(24-21-15)13-6-2-3-7-18-13/h2-3,6-7,10,12H,4-5,8-9H2,1H3/t12-/m1/s1. The van der Waals surface area contributed by atoms with Gasteiger partial charge >= 0.3 is 0 Å². The van der Waals surface area contributed by atoms with Crippen molar-refractivity contribution in [3.05, 3.63) is 46.3 Å². The molecular formula is C17H17N5O2S. The number of nitrogens with zero attached hydrogens (tertiary/aromatic N) is 5. The average molecular weight is 355 g/mol. The molecule has 4 heterocycles. The fourth-order valence-electron chi connectivity index (χ4n) is 3.02. The molecule has 8 heteroatoms. The molecule has 0 saturated carbocycles. The summed E-state index contributed by atoms with van der Waals surface area (Å²) in [6.07, 6.45) is 3.55. The van der Waals surface area contributed by atoms with Crippen LogP contribution in [0.4, 0.5) is 0 Å². The summed E-state index contributed by atoms with van der Waals surface area (Å²) < 4.78 is 5.36. The van der Waals surface area contributed by atoms with Crippen molar-refractivity contribution in [2.45, 2.75) is 25.7 Å². The number of thiazole rings is 1. The molecule has 3 aromatic heterocycles. The summed E-state index contributed by atoms with van der Waals surface area (Å²) in [7, 11) is 0. The topological polar surface area (TPSA) is 85.0 Å². The first-order valence-corrected chi connectivity index (χ1v) is 9.04. The van der Waals surface area contributed by atoms with E-state index in [-0.39, 0.29) is 11.8 Å². The lowest BCUT2D eigenvalue weighted by Gasteiger charge is -2.31. The van der Waals surface area contributed by atoms with Crippen molar-refractivity contribution in [1.82, 2.24) is 25.0 Å². The zero-order valence-corrected chi connectivity index (χ0v) is 14.6. The highest BCUT2D eigenvalue weighted by molar-refractivity contribution is 7.11. The van der Waals surface area contributed by atoms with E-state index in [9.17, 15) is 4.79 Å². The van der Waals surface area contributed by atoms with Gasteiger partial charge in [-0.1, -0.05) is 11.2 Å².